The third kappa shape index (κ3) is 3.46. The summed E-state index contributed by atoms with van der Waals surface area (Å²) in [6, 6.07) is 17.0. The van der Waals surface area contributed by atoms with Gasteiger partial charge in [-0.05, 0) is 56.3 Å². The summed E-state index contributed by atoms with van der Waals surface area (Å²) in [6.45, 7) is 3.65. The van der Waals surface area contributed by atoms with Crippen molar-refractivity contribution in [1.29, 1.82) is 0 Å². The molecule has 166 valence electrons. The number of carbonyl (C=O) groups is 1. The molecule has 9 heteroatoms. The average molecular weight is 462 g/mol. The molecule has 0 unspecified atom stereocenters. The van der Waals surface area contributed by atoms with Gasteiger partial charge in [-0.2, -0.15) is 5.10 Å². The van der Waals surface area contributed by atoms with Gasteiger partial charge in [-0.25, -0.2) is 13.8 Å². The number of aryl methyl sites for hydroxylation is 1. The first-order valence-corrected chi connectivity index (χ1v) is 11.1. The second kappa shape index (κ2) is 7.86. The maximum absolute atomic E-state index is 13.3. The number of aromatic nitrogens is 4. The highest BCUT2D eigenvalue weighted by molar-refractivity contribution is 7.20. The predicted molar refractivity (Wildman–Crippen MR) is 127 cm³/mol. The van der Waals surface area contributed by atoms with E-state index in [-0.39, 0.29) is 23.0 Å². The zero-order valence-corrected chi connectivity index (χ0v) is 19.0. The summed E-state index contributed by atoms with van der Waals surface area (Å²) in [4.78, 5) is 27.4. The van der Waals surface area contributed by atoms with Crippen LogP contribution in [-0.4, -0.2) is 25.1 Å². The van der Waals surface area contributed by atoms with Gasteiger partial charge in [-0.15, -0.1) is 11.3 Å². The highest BCUT2D eigenvalue weighted by Gasteiger charge is 2.22. The van der Waals surface area contributed by atoms with Gasteiger partial charge in [0, 0.05) is 12.4 Å². The van der Waals surface area contributed by atoms with Gasteiger partial charge >= 0.3 is 0 Å². The summed E-state index contributed by atoms with van der Waals surface area (Å²) in [5, 5.41) is 8.16. The van der Waals surface area contributed by atoms with E-state index in [1.54, 1.807) is 41.5 Å². The van der Waals surface area contributed by atoms with Crippen LogP contribution in [0.5, 0.6) is 0 Å². The number of carbonyl (C=O) groups excluding carboxylic acids is 1. The van der Waals surface area contributed by atoms with E-state index in [0.29, 0.717) is 21.9 Å². The van der Waals surface area contributed by atoms with Crippen LogP contribution in [-0.2, 0) is 7.05 Å². The van der Waals surface area contributed by atoms with Crippen molar-refractivity contribution in [3.8, 4) is 11.4 Å². The SMILES string of the molecule is Cc1nn(-c2ccc(F)cc2)c2sc(C(=O)Nc3c(C)n(C)n(-c4ccccc4)c3=O)cc12. The molecular weight excluding hydrogens is 441 g/mol. The Morgan fingerprint density at radius 2 is 1.73 bits per heavy atom. The average Bonchev–Trinajstić information content (AvgIpc) is 3.44. The summed E-state index contributed by atoms with van der Waals surface area (Å²) < 4.78 is 18.3. The highest BCUT2D eigenvalue weighted by atomic mass is 32.1. The van der Waals surface area contributed by atoms with E-state index in [0.717, 1.165) is 15.9 Å². The largest absolute Gasteiger partial charge is 0.315 e. The Bertz CT molecular complexity index is 1560. The van der Waals surface area contributed by atoms with Gasteiger partial charge in [0.25, 0.3) is 11.5 Å². The molecule has 0 aliphatic heterocycles. The van der Waals surface area contributed by atoms with Gasteiger partial charge in [0.1, 0.15) is 16.3 Å². The van der Waals surface area contributed by atoms with Gasteiger partial charge in [-0.1, -0.05) is 18.2 Å². The third-order valence-corrected chi connectivity index (χ3v) is 6.74. The molecule has 3 aromatic heterocycles. The molecule has 5 rings (SSSR count). The van der Waals surface area contributed by atoms with Crippen LogP contribution >= 0.6 is 11.3 Å². The third-order valence-electron chi connectivity index (χ3n) is 5.63. The number of nitrogens with one attached hydrogen (secondary N) is 1. The zero-order chi connectivity index (χ0) is 23.3. The standard InChI is InChI=1S/C24H20FN5O2S/c1-14-19-13-20(33-24(19)29(27-14)17-11-9-16(25)10-12-17)22(31)26-21-15(2)28(3)30(23(21)32)18-7-5-4-6-8-18/h4-13H,1-3H3,(H,26,31). The maximum atomic E-state index is 13.3. The highest BCUT2D eigenvalue weighted by Crippen LogP contribution is 2.31. The summed E-state index contributed by atoms with van der Waals surface area (Å²) in [7, 11) is 1.78. The molecule has 0 saturated heterocycles. The fraction of sp³-hybridized carbons (Fsp3) is 0.125. The molecule has 3 heterocycles. The Balaban J connectivity index is 1.51. The molecule has 1 amide bonds. The van der Waals surface area contributed by atoms with Gasteiger partial charge in [-0.3, -0.25) is 14.3 Å². The monoisotopic (exact) mass is 461 g/mol. The van der Waals surface area contributed by atoms with E-state index < -0.39 is 0 Å². The van der Waals surface area contributed by atoms with Crippen LogP contribution in [0.1, 0.15) is 21.1 Å². The minimum absolute atomic E-state index is 0.237. The molecule has 7 nitrogen and oxygen atoms in total. The summed E-state index contributed by atoms with van der Waals surface area (Å²) in [5.74, 6) is -0.697. The Hall–Kier alpha value is -3.98. The second-order valence-electron chi connectivity index (χ2n) is 7.69. The van der Waals surface area contributed by atoms with Crippen LogP contribution in [0.15, 0.2) is 65.5 Å². The Morgan fingerprint density at radius 1 is 1.03 bits per heavy atom. The number of nitrogens with zero attached hydrogens (tertiary/aromatic N) is 4. The lowest BCUT2D eigenvalue weighted by atomic mass is 10.3. The topological polar surface area (TPSA) is 73.8 Å². The van der Waals surface area contributed by atoms with Gasteiger partial charge in [0.15, 0.2) is 0 Å². The molecule has 0 radical (unpaired) electrons. The quantitative estimate of drug-likeness (QED) is 0.426. The van der Waals surface area contributed by atoms with Crippen LogP contribution in [0, 0.1) is 19.7 Å². The van der Waals surface area contributed by atoms with Crippen LogP contribution in [0.3, 0.4) is 0 Å². The maximum Gasteiger partial charge on any atom is 0.295 e. The van der Waals surface area contributed by atoms with E-state index in [1.165, 1.54) is 28.2 Å². The van der Waals surface area contributed by atoms with Crippen LogP contribution in [0.2, 0.25) is 0 Å². The number of halogens is 1. The lowest BCUT2D eigenvalue weighted by Gasteiger charge is -2.07. The fourth-order valence-corrected chi connectivity index (χ4v) is 4.88. The number of anilines is 1. The van der Waals surface area contributed by atoms with Crippen molar-refractivity contribution >= 4 is 33.1 Å². The van der Waals surface area contributed by atoms with Crippen molar-refractivity contribution in [3.05, 3.63) is 93.1 Å². The zero-order valence-electron chi connectivity index (χ0n) is 18.2. The molecule has 0 bridgehead atoms. The lowest BCUT2D eigenvalue weighted by Crippen LogP contribution is -2.22. The molecule has 0 aliphatic rings. The molecule has 0 fully saturated rings. The van der Waals surface area contributed by atoms with E-state index >= 15 is 0 Å². The molecule has 0 spiro atoms. The Labute approximate surface area is 192 Å². The first kappa shape index (κ1) is 20.9. The first-order chi connectivity index (χ1) is 15.8. The Kier molecular flexibility index (Phi) is 4.98. The second-order valence-corrected chi connectivity index (χ2v) is 8.72. The minimum Gasteiger partial charge on any atom is -0.315 e. The summed E-state index contributed by atoms with van der Waals surface area (Å²) in [5.41, 5.74) is 2.75. The smallest absolute Gasteiger partial charge is 0.295 e. The molecule has 0 aliphatic carbocycles. The molecule has 0 saturated carbocycles. The van der Waals surface area contributed by atoms with E-state index in [2.05, 4.69) is 10.4 Å². The summed E-state index contributed by atoms with van der Waals surface area (Å²) >= 11 is 1.27. The van der Waals surface area contributed by atoms with E-state index in [9.17, 15) is 14.0 Å². The molecule has 5 aromatic rings. The summed E-state index contributed by atoms with van der Waals surface area (Å²) in [6.07, 6.45) is 0. The van der Waals surface area contributed by atoms with Gasteiger partial charge in [0.2, 0.25) is 0 Å². The molecule has 1 N–H and O–H groups in total. The van der Waals surface area contributed by atoms with Crippen molar-refractivity contribution < 1.29 is 9.18 Å². The Morgan fingerprint density at radius 3 is 2.42 bits per heavy atom. The normalized spacial score (nSPS) is 11.3. The fourth-order valence-electron chi connectivity index (χ4n) is 3.80. The van der Waals surface area contributed by atoms with Gasteiger partial charge < -0.3 is 5.32 Å². The number of fused-ring (bicyclic) bond motifs is 1. The number of para-hydroxylation sites is 1. The van der Waals surface area contributed by atoms with E-state index in [1.807, 2.05) is 37.3 Å². The molecular formula is C24H20FN5O2S. The predicted octanol–water partition coefficient (Wildman–Crippen LogP) is 4.58. The number of thiophene rings is 1. The first-order valence-electron chi connectivity index (χ1n) is 10.3. The van der Waals surface area contributed by atoms with Crippen molar-refractivity contribution in [3.63, 3.8) is 0 Å². The number of hydrogen-bond donors (Lipinski definition) is 1. The van der Waals surface area contributed by atoms with Crippen LogP contribution in [0.25, 0.3) is 21.6 Å². The van der Waals surface area contributed by atoms with Crippen molar-refractivity contribution in [1.82, 2.24) is 19.1 Å². The number of hydrogen-bond acceptors (Lipinski definition) is 4. The number of rotatable bonds is 4. The van der Waals surface area contributed by atoms with Crippen LogP contribution < -0.4 is 10.9 Å². The number of amides is 1. The minimum atomic E-state index is -0.368. The van der Waals surface area contributed by atoms with Crippen LogP contribution in [0.4, 0.5) is 10.1 Å². The van der Waals surface area contributed by atoms with E-state index in [4.69, 9.17) is 0 Å². The molecule has 0 atom stereocenters. The molecule has 2 aromatic carbocycles. The lowest BCUT2D eigenvalue weighted by molar-refractivity contribution is 0.103. The van der Waals surface area contributed by atoms with Gasteiger partial charge in [0.05, 0.1) is 27.6 Å². The van der Waals surface area contributed by atoms with Crippen molar-refractivity contribution in [2.75, 3.05) is 5.32 Å². The molecule has 33 heavy (non-hydrogen) atoms. The van der Waals surface area contributed by atoms with Crippen molar-refractivity contribution in [2.24, 2.45) is 7.05 Å². The van der Waals surface area contributed by atoms with Crippen molar-refractivity contribution in [2.45, 2.75) is 13.8 Å². The number of benzene rings is 2.